The largest absolute Gasteiger partial charge is 0.695 e. The Kier molecular flexibility index (Phi) is 8.58. The van der Waals surface area contributed by atoms with Gasteiger partial charge in [-0.1, -0.05) is 0 Å². The van der Waals surface area contributed by atoms with E-state index >= 15 is 0 Å². The molecule has 2 aliphatic rings. The lowest BCUT2D eigenvalue weighted by atomic mass is 10.1. The molecule has 6 rings (SSSR count). The maximum atomic E-state index is 13.2. The second-order valence-electron chi connectivity index (χ2n) is 9.75. The van der Waals surface area contributed by atoms with Crippen LogP contribution in [0.2, 0.25) is 0 Å². The molecule has 0 bridgehead atoms. The van der Waals surface area contributed by atoms with Crippen molar-refractivity contribution in [3.05, 3.63) is 29.3 Å². The standard InChI is InChI=1S/C20H23ClN10O12P2/c21-8-12(42-44(35)36)7(41-18(8)30-4-26-9-14(22)24-3-25-15(9)30)2-39-45(37,38)43-13-11(33)6(1-32)40-19(13)31-5-27-10-16(31)28-20(23)29-17(10)34/h3-8,11-13,18-19,32-33H,1-2H2,(H6-,22,23,24,25,28,29,34,35,36,37,38)/p+1/t6-,7-,8+,11-,12-,13-,18-,19-/m1/s1. The van der Waals surface area contributed by atoms with Crippen LogP contribution in [-0.4, -0.2) is 108 Å². The number of ether oxygens (including phenoxy) is 2. The van der Waals surface area contributed by atoms with Crippen molar-refractivity contribution in [2.24, 2.45) is 0 Å². The maximum Gasteiger partial charge on any atom is 0.695 e. The first-order chi connectivity index (χ1) is 21.4. The number of nitrogen functional groups attached to an aromatic ring is 2. The van der Waals surface area contributed by atoms with Crippen molar-refractivity contribution >= 4 is 61.8 Å². The van der Waals surface area contributed by atoms with Crippen molar-refractivity contribution in [2.75, 3.05) is 24.7 Å². The van der Waals surface area contributed by atoms with Crippen LogP contribution in [0, 0.1) is 0 Å². The van der Waals surface area contributed by atoms with Crippen molar-refractivity contribution in [1.82, 2.24) is 39.0 Å². The monoisotopic (exact) mass is 693 g/mol. The lowest BCUT2D eigenvalue weighted by Gasteiger charge is -2.24. The number of H-pyrrole nitrogens is 1. The van der Waals surface area contributed by atoms with Crippen molar-refractivity contribution in [1.29, 1.82) is 0 Å². The quantitative estimate of drug-likeness (QED) is 0.0727. The van der Waals surface area contributed by atoms with E-state index in [9.17, 15) is 33.9 Å². The van der Waals surface area contributed by atoms with E-state index in [-0.39, 0.29) is 34.1 Å². The highest BCUT2D eigenvalue weighted by atomic mass is 35.5. The molecule has 2 aliphatic heterocycles. The predicted molar refractivity (Wildman–Crippen MR) is 148 cm³/mol. The SMILES string of the molecule is Nc1nc2c(ncn2[C@@H]2O[C@H](CO)[C@@H](O)[C@H]2OP(=O)(O)OC[C@H]2O[C@@H](n3cnc4c(N)ncnc43)[C@@H](Cl)[C@@H]2O[P+](=O)O)c(=O)[nH]1. The summed E-state index contributed by atoms with van der Waals surface area (Å²) in [5.74, 6) is -0.199. The number of imidazole rings is 2. The number of alkyl halides is 1. The molecular weight excluding hydrogens is 670 g/mol. The summed E-state index contributed by atoms with van der Waals surface area (Å²) in [6, 6.07) is 0. The van der Waals surface area contributed by atoms with E-state index in [1.807, 2.05) is 0 Å². The van der Waals surface area contributed by atoms with Crippen LogP contribution in [0.4, 0.5) is 11.8 Å². The molecule has 4 aromatic rings. The third-order valence-corrected chi connectivity index (χ3v) is 8.89. The highest BCUT2D eigenvalue weighted by Gasteiger charge is 2.53. The number of hydrogen-bond donors (Lipinski definition) is 7. The van der Waals surface area contributed by atoms with Gasteiger partial charge in [-0.2, -0.15) is 4.98 Å². The smallest absolute Gasteiger partial charge is 0.394 e. The zero-order valence-electron chi connectivity index (χ0n) is 22.4. The van der Waals surface area contributed by atoms with Crippen LogP contribution in [0.3, 0.4) is 0 Å². The summed E-state index contributed by atoms with van der Waals surface area (Å²) in [4.78, 5) is 54.6. The van der Waals surface area contributed by atoms with Crippen LogP contribution in [0.5, 0.6) is 0 Å². The molecular formula is C20H24ClN10O12P2+. The molecule has 2 unspecified atom stereocenters. The topological polar surface area (TPSA) is 320 Å². The lowest BCUT2D eigenvalue weighted by molar-refractivity contribution is -0.0579. The van der Waals surface area contributed by atoms with E-state index in [2.05, 4.69) is 29.9 Å². The van der Waals surface area contributed by atoms with E-state index in [1.54, 1.807) is 0 Å². The number of nitrogens with zero attached hydrogens (tertiary/aromatic N) is 7. The normalized spacial score (nSPS) is 30.3. The molecule has 0 radical (unpaired) electrons. The average molecular weight is 694 g/mol. The molecule has 0 saturated carbocycles. The Bertz CT molecular complexity index is 1860. The molecule has 242 valence electrons. The number of aliphatic hydroxyl groups is 2. The Morgan fingerprint density at radius 3 is 2.47 bits per heavy atom. The van der Waals surface area contributed by atoms with E-state index < -0.39 is 83.2 Å². The van der Waals surface area contributed by atoms with Gasteiger partial charge in [0.2, 0.25) is 5.95 Å². The Morgan fingerprint density at radius 1 is 1.07 bits per heavy atom. The molecule has 10 atom stereocenters. The molecule has 2 saturated heterocycles. The second-order valence-corrected chi connectivity index (χ2v) is 12.3. The molecule has 2 fully saturated rings. The first-order valence-corrected chi connectivity index (χ1v) is 15.8. The second kappa shape index (κ2) is 12.2. The number of aromatic nitrogens is 8. The molecule has 6 heterocycles. The molecule has 45 heavy (non-hydrogen) atoms. The number of nitrogens with two attached hydrogens (primary N) is 2. The number of rotatable bonds is 10. The number of anilines is 2. The zero-order chi connectivity index (χ0) is 32.2. The number of phosphoric acid groups is 1. The van der Waals surface area contributed by atoms with Gasteiger partial charge in [0.05, 0.1) is 25.9 Å². The van der Waals surface area contributed by atoms with Gasteiger partial charge in [0.1, 0.15) is 41.6 Å². The van der Waals surface area contributed by atoms with Gasteiger partial charge in [0, 0.05) is 4.57 Å². The number of fused-ring (bicyclic) bond motifs is 2. The molecule has 22 nitrogen and oxygen atoms in total. The Morgan fingerprint density at radius 2 is 1.76 bits per heavy atom. The molecule has 0 spiro atoms. The molecule has 0 aromatic carbocycles. The fourth-order valence-electron chi connectivity index (χ4n) is 5.03. The number of halogens is 1. The van der Waals surface area contributed by atoms with Crippen LogP contribution in [0.15, 0.2) is 23.8 Å². The molecule has 9 N–H and O–H groups in total. The van der Waals surface area contributed by atoms with Crippen LogP contribution >= 0.6 is 27.7 Å². The summed E-state index contributed by atoms with van der Waals surface area (Å²) >= 11 is 6.55. The van der Waals surface area contributed by atoms with Crippen molar-refractivity contribution < 1.29 is 52.2 Å². The summed E-state index contributed by atoms with van der Waals surface area (Å²) in [7, 11) is -8.35. The minimum Gasteiger partial charge on any atom is -0.394 e. The van der Waals surface area contributed by atoms with Crippen molar-refractivity contribution in [3.63, 3.8) is 0 Å². The fourth-order valence-corrected chi connectivity index (χ4v) is 6.90. The number of nitrogens with one attached hydrogen (secondary N) is 1. The Balaban J connectivity index is 1.22. The van der Waals surface area contributed by atoms with Gasteiger partial charge in [-0.15, -0.1) is 21.0 Å². The van der Waals surface area contributed by atoms with E-state index in [0.717, 1.165) is 10.9 Å². The summed E-state index contributed by atoms with van der Waals surface area (Å²) < 4.78 is 54.3. The minimum atomic E-state index is -5.13. The molecule has 0 aliphatic carbocycles. The van der Waals surface area contributed by atoms with Gasteiger partial charge in [-0.3, -0.25) is 28.0 Å². The van der Waals surface area contributed by atoms with E-state index in [0.29, 0.717) is 0 Å². The Labute approximate surface area is 255 Å². The molecule has 4 aromatic heterocycles. The molecule has 0 amide bonds. The number of phosphoric ester groups is 1. The highest BCUT2D eigenvalue weighted by molar-refractivity contribution is 7.47. The Hall–Kier alpha value is -3.24. The summed E-state index contributed by atoms with van der Waals surface area (Å²) in [6.07, 6.45) is -6.35. The van der Waals surface area contributed by atoms with Gasteiger partial charge < -0.3 is 36.0 Å². The van der Waals surface area contributed by atoms with Gasteiger partial charge in [-0.05, 0) is 0 Å². The summed E-state index contributed by atoms with van der Waals surface area (Å²) in [5, 5.41) is 19.3. The van der Waals surface area contributed by atoms with Gasteiger partial charge in [0.15, 0.2) is 41.2 Å². The van der Waals surface area contributed by atoms with Crippen LogP contribution in [-0.2, 0) is 32.2 Å². The number of hydrogen-bond acceptors (Lipinski definition) is 17. The average Bonchev–Trinajstić information content (AvgIpc) is 3.73. The number of aromatic amines is 1. The lowest BCUT2D eigenvalue weighted by Crippen LogP contribution is -2.35. The first kappa shape index (κ1) is 31.7. The van der Waals surface area contributed by atoms with E-state index in [4.69, 9.17) is 46.1 Å². The van der Waals surface area contributed by atoms with Gasteiger partial charge in [0.25, 0.3) is 5.56 Å². The summed E-state index contributed by atoms with van der Waals surface area (Å²) in [6.45, 7) is -1.49. The minimum absolute atomic E-state index is 0.0712. The maximum absolute atomic E-state index is 13.2. The van der Waals surface area contributed by atoms with Crippen molar-refractivity contribution in [2.45, 2.75) is 48.4 Å². The van der Waals surface area contributed by atoms with Crippen LogP contribution in [0.1, 0.15) is 12.5 Å². The fraction of sp³-hybridized carbons (Fsp3) is 0.500. The first-order valence-electron chi connectivity index (χ1n) is 12.8. The van der Waals surface area contributed by atoms with Gasteiger partial charge >= 0.3 is 16.1 Å². The molecule has 25 heteroatoms. The third kappa shape index (κ3) is 5.91. The third-order valence-electron chi connectivity index (χ3n) is 7.01. The van der Waals surface area contributed by atoms with Gasteiger partial charge in [-0.25, -0.2) is 24.5 Å². The summed E-state index contributed by atoms with van der Waals surface area (Å²) in [5.41, 5.74) is 11.0. The van der Waals surface area contributed by atoms with Crippen LogP contribution in [0.25, 0.3) is 22.3 Å². The van der Waals surface area contributed by atoms with Crippen molar-refractivity contribution in [3.8, 4) is 0 Å². The zero-order valence-corrected chi connectivity index (χ0v) is 24.9. The van der Waals surface area contributed by atoms with Crippen LogP contribution < -0.4 is 17.0 Å². The predicted octanol–water partition coefficient (Wildman–Crippen LogP) is -1.58. The highest BCUT2D eigenvalue weighted by Crippen LogP contribution is 2.50. The number of aliphatic hydroxyl groups excluding tert-OH is 2. The van der Waals surface area contributed by atoms with E-state index in [1.165, 1.54) is 17.2 Å².